The second-order valence-corrected chi connectivity index (χ2v) is 5.12. The maximum Gasteiger partial charge on any atom is 0.404 e. The van der Waals surface area contributed by atoms with Crippen molar-refractivity contribution in [3.8, 4) is 0 Å². The second kappa shape index (κ2) is 7.64. The molecule has 2 atom stereocenters. The fourth-order valence-corrected chi connectivity index (χ4v) is 0.944. The Morgan fingerprint density at radius 1 is 1.17 bits per heavy atom. The first-order chi connectivity index (χ1) is 7.93. The minimum atomic E-state index is -4.67. The number of hydrogen-bond acceptors (Lipinski definition) is 1. The Bertz CT molecular complexity index is 249. The lowest BCUT2D eigenvalue weighted by Crippen LogP contribution is -2.41. The Morgan fingerprint density at radius 3 is 1.56 bits per heavy atom. The van der Waals surface area contributed by atoms with Gasteiger partial charge in [0.1, 0.15) is 0 Å². The fourth-order valence-electron chi connectivity index (χ4n) is 0.944. The first-order valence-corrected chi connectivity index (χ1v) is 6.24. The molecule has 0 saturated carbocycles. The van der Waals surface area contributed by atoms with Gasteiger partial charge in [0, 0.05) is 0 Å². The molecule has 0 aliphatic rings. The molecule has 0 aromatic heterocycles. The minimum absolute atomic E-state index is 0.453. The normalized spacial score (nSPS) is 16.6. The highest BCUT2D eigenvalue weighted by atomic mass is 19.4. The second-order valence-electron chi connectivity index (χ2n) is 5.12. The largest absolute Gasteiger partial charge is 0.481 e. The predicted molar refractivity (Wildman–Crippen MR) is 66.4 cm³/mol. The van der Waals surface area contributed by atoms with E-state index >= 15 is 0 Å². The Hall–Kier alpha value is -0.740. The summed E-state index contributed by atoms with van der Waals surface area (Å²) in [4.78, 5) is 10.2. The molecule has 0 amide bonds. The van der Waals surface area contributed by atoms with Gasteiger partial charge in [-0.25, -0.2) is 0 Å². The molecule has 0 aliphatic heterocycles. The van der Waals surface area contributed by atoms with Crippen molar-refractivity contribution in [2.24, 2.45) is 17.3 Å². The van der Waals surface area contributed by atoms with Crippen molar-refractivity contribution < 1.29 is 23.1 Å². The van der Waals surface area contributed by atoms with Crippen LogP contribution in [-0.4, -0.2) is 17.3 Å². The van der Waals surface area contributed by atoms with Gasteiger partial charge in [0.25, 0.3) is 0 Å². The summed E-state index contributed by atoms with van der Waals surface area (Å²) in [6, 6.07) is 0. The molecule has 0 aliphatic carbocycles. The van der Waals surface area contributed by atoms with E-state index in [1.807, 2.05) is 0 Å². The third-order valence-corrected chi connectivity index (χ3v) is 3.59. The Kier molecular flexibility index (Phi) is 8.32. The van der Waals surface area contributed by atoms with E-state index in [-0.39, 0.29) is 0 Å². The number of alkyl halides is 3. The molecule has 0 bridgehead atoms. The zero-order valence-electron chi connectivity index (χ0n) is 12.1. The van der Waals surface area contributed by atoms with E-state index in [9.17, 15) is 18.0 Å². The summed E-state index contributed by atoms with van der Waals surface area (Å²) in [5.74, 6) is -0.0579. The van der Waals surface area contributed by atoms with E-state index in [1.165, 1.54) is 13.3 Å². The molecule has 0 heterocycles. The van der Waals surface area contributed by atoms with Crippen molar-refractivity contribution in [2.75, 3.05) is 0 Å². The lowest BCUT2D eigenvalue weighted by atomic mass is 9.87. The van der Waals surface area contributed by atoms with Crippen LogP contribution in [0.1, 0.15) is 54.4 Å². The van der Waals surface area contributed by atoms with Crippen LogP contribution in [-0.2, 0) is 4.79 Å². The van der Waals surface area contributed by atoms with Gasteiger partial charge in [-0.3, -0.25) is 4.79 Å². The molecule has 2 nitrogen and oxygen atoms in total. The van der Waals surface area contributed by atoms with Crippen LogP contribution in [0.25, 0.3) is 0 Å². The lowest BCUT2D eigenvalue weighted by Gasteiger charge is -2.25. The number of carboxylic acid groups (broad SMARTS) is 1. The van der Waals surface area contributed by atoms with E-state index in [1.54, 1.807) is 0 Å². The van der Waals surface area contributed by atoms with Gasteiger partial charge in [0.2, 0.25) is 0 Å². The van der Waals surface area contributed by atoms with Gasteiger partial charge in [-0.2, -0.15) is 13.2 Å². The molecular formula is C13H25F3O2. The number of carboxylic acids is 1. The molecule has 2 unspecified atom stereocenters. The molecule has 0 aromatic carbocycles. The predicted octanol–water partition coefficient (Wildman–Crippen LogP) is 4.74. The third kappa shape index (κ3) is 5.74. The standard InChI is InChI=1S/C7H16.C6H9F3O2/c1-5-7(4)6(2)3;1-3-5(2,4(10)11)6(7,8)9/h6-7H,5H2,1-4H3;3H2,1-2H3,(H,10,11). The Balaban J connectivity index is 0. The minimum Gasteiger partial charge on any atom is -0.481 e. The lowest BCUT2D eigenvalue weighted by molar-refractivity contribution is -0.227. The van der Waals surface area contributed by atoms with E-state index in [0.717, 1.165) is 11.8 Å². The zero-order valence-corrected chi connectivity index (χ0v) is 12.1. The van der Waals surface area contributed by atoms with Gasteiger partial charge in [0.05, 0.1) is 0 Å². The van der Waals surface area contributed by atoms with Crippen molar-refractivity contribution >= 4 is 5.97 Å². The van der Waals surface area contributed by atoms with Gasteiger partial charge in [-0.15, -0.1) is 0 Å². The summed E-state index contributed by atoms with van der Waals surface area (Å²) >= 11 is 0. The highest BCUT2D eigenvalue weighted by Gasteiger charge is 2.55. The van der Waals surface area contributed by atoms with Gasteiger partial charge < -0.3 is 5.11 Å². The number of halogens is 3. The first kappa shape index (κ1) is 19.6. The van der Waals surface area contributed by atoms with Crippen molar-refractivity contribution in [1.82, 2.24) is 0 Å². The molecule has 0 spiro atoms. The number of hydrogen-bond donors (Lipinski definition) is 1. The van der Waals surface area contributed by atoms with Crippen LogP contribution in [0.5, 0.6) is 0 Å². The van der Waals surface area contributed by atoms with Gasteiger partial charge >= 0.3 is 12.1 Å². The van der Waals surface area contributed by atoms with Gasteiger partial charge in [0.15, 0.2) is 5.41 Å². The van der Waals surface area contributed by atoms with E-state index < -0.39 is 24.0 Å². The van der Waals surface area contributed by atoms with Crippen LogP contribution < -0.4 is 0 Å². The van der Waals surface area contributed by atoms with Crippen molar-refractivity contribution in [2.45, 2.75) is 60.6 Å². The quantitative estimate of drug-likeness (QED) is 0.801. The molecule has 0 radical (unpaired) electrons. The zero-order chi connectivity index (χ0) is 15.1. The monoisotopic (exact) mass is 270 g/mol. The number of aliphatic carboxylic acids is 1. The first-order valence-electron chi connectivity index (χ1n) is 6.24. The molecule has 1 N–H and O–H groups in total. The van der Waals surface area contributed by atoms with Crippen LogP contribution >= 0.6 is 0 Å². The summed E-state index contributed by atoms with van der Waals surface area (Å²) < 4.78 is 35.9. The molecule has 18 heavy (non-hydrogen) atoms. The molecular weight excluding hydrogens is 245 g/mol. The molecule has 0 aromatic rings. The average molecular weight is 270 g/mol. The number of carbonyl (C=O) groups is 1. The van der Waals surface area contributed by atoms with Crippen molar-refractivity contribution in [3.63, 3.8) is 0 Å². The van der Waals surface area contributed by atoms with Gasteiger partial charge in [-0.05, 0) is 25.2 Å². The fraction of sp³-hybridized carbons (Fsp3) is 0.923. The molecule has 0 saturated heterocycles. The molecule has 110 valence electrons. The van der Waals surface area contributed by atoms with Crippen LogP contribution in [0, 0.1) is 17.3 Å². The average Bonchev–Trinajstić information content (AvgIpc) is 2.25. The Labute approximate surface area is 108 Å². The van der Waals surface area contributed by atoms with E-state index in [0.29, 0.717) is 6.92 Å². The van der Waals surface area contributed by atoms with Crippen molar-refractivity contribution in [3.05, 3.63) is 0 Å². The summed E-state index contributed by atoms with van der Waals surface area (Å²) in [5.41, 5.74) is -2.60. The van der Waals surface area contributed by atoms with E-state index in [4.69, 9.17) is 5.11 Å². The molecule has 5 heteroatoms. The topological polar surface area (TPSA) is 37.3 Å². The highest BCUT2D eigenvalue weighted by molar-refractivity contribution is 5.75. The maximum atomic E-state index is 12.0. The summed E-state index contributed by atoms with van der Waals surface area (Å²) in [5, 5.41) is 8.25. The SMILES string of the molecule is CCC(C)(C(=O)O)C(F)(F)F.CCC(C)C(C)C. The summed E-state index contributed by atoms with van der Waals surface area (Å²) in [6.45, 7) is 11.0. The Morgan fingerprint density at radius 2 is 1.56 bits per heavy atom. The van der Waals surface area contributed by atoms with E-state index in [2.05, 4.69) is 27.7 Å². The third-order valence-electron chi connectivity index (χ3n) is 3.59. The van der Waals surface area contributed by atoms with Gasteiger partial charge in [-0.1, -0.05) is 41.0 Å². The van der Waals surface area contributed by atoms with Crippen LogP contribution in [0.15, 0.2) is 0 Å². The maximum absolute atomic E-state index is 12.0. The summed E-state index contributed by atoms with van der Waals surface area (Å²) in [6.07, 6.45) is -3.81. The summed E-state index contributed by atoms with van der Waals surface area (Å²) in [7, 11) is 0. The smallest absolute Gasteiger partial charge is 0.404 e. The van der Waals surface area contributed by atoms with Crippen LogP contribution in [0.2, 0.25) is 0 Å². The highest BCUT2D eigenvalue weighted by Crippen LogP contribution is 2.40. The van der Waals surface area contributed by atoms with Crippen LogP contribution in [0.3, 0.4) is 0 Å². The van der Waals surface area contributed by atoms with Crippen LogP contribution in [0.4, 0.5) is 13.2 Å². The molecule has 0 fully saturated rings. The van der Waals surface area contributed by atoms with Crippen molar-refractivity contribution in [1.29, 1.82) is 0 Å². The molecule has 0 rings (SSSR count). The number of rotatable bonds is 4.